The number of carbonyl (C=O) groups excluding carboxylic acids is 1. The van der Waals surface area contributed by atoms with Crippen LogP contribution in [-0.2, 0) is 9.59 Å². The standard InChI is InChI=1S/C17H27NO3/c1-17(7-3-2-4-14(17)16(20)21)18-15(19)10-13-9-11-5-6-12(13)8-11/h11-14H,2-10H2,1H3,(H,18,19)(H,20,21). The van der Waals surface area contributed by atoms with E-state index in [1.165, 1.54) is 25.7 Å². The van der Waals surface area contributed by atoms with E-state index in [1.807, 2.05) is 6.92 Å². The molecule has 0 spiro atoms. The second kappa shape index (κ2) is 5.62. The average Bonchev–Trinajstić information content (AvgIpc) is 3.00. The molecule has 4 nitrogen and oxygen atoms in total. The minimum absolute atomic E-state index is 0.0724. The lowest BCUT2D eigenvalue weighted by atomic mass is 9.73. The topological polar surface area (TPSA) is 66.4 Å². The Bertz CT molecular complexity index is 436. The Balaban J connectivity index is 1.59. The van der Waals surface area contributed by atoms with E-state index < -0.39 is 17.4 Å². The molecule has 21 heavy (non-hydrogen) atoms. The van der Waals surface area contributed by atoms with Crippen molar-refractivity contribution in [1.82, 2.24) is 5.32 Å². The molecule has 0 aromatic carbocycles. The molecule has 0 saturated heterocycles. The van der Waals surface area contributed by atoms with Gasteiger partial charge in [-0.15, -0.1) is 0 Å². The van der Waals surface area contributed by atoms with Crippen LogP contribution in [0.1, 0.15) is 64.7 Å². The lowest BCUT2D eigenvalue weighted by Crippen LogP contribution is -2.55. The lowest BCUT2D eigenvalue weighted by Gasteiger charge is -2.40. The quantitative estimate of drug-likeness (QED) is 0.837. The number of carboxylic acid groups (broad SMARTS) is 1. The summed E-state index contributed by atoms with van der Waals surface area (Å²) in [5.74, 6) is 1.01. The summed E-state index contributed by atoms with van der Waals surface area (Å²) in [6, 6.07) is 0. The van der Waals surface area contributed by atoms with Gasteiger partial charge in [0, 0.05) is 6.42 Å². The van der Waals surface area contributed by atoms with Crippen molar-refractivity contribution in [2.24, 2.45) is 23.7 Å². The Labute approximate surface area is 126 Å². The smallest absolute Gasteiger partial charge is 0.308 e. The van der Waals surface area contributed by atoms with Crippen molar-refractivity contribution < 1.29 is 14.7 Å². The highest BCUT2D eigenvalue weighted by molar-refractivity contribution is 5.79. The highest BCUT2D eigenvalue weighted by atomic mass is 16.4. The SMILES string of the molecule is CC1(NC(=O)CC2CC3CCC2C3)CCCCC1C(=O)O. The number of hydrogen-bond acceptors (Lipinski definition) is 2. The van der Waals surface area contributed by atoms with E-state index in [0.717, 1.165) is 31.1 Å². The Kier molecular flexibility index (Phi) is 3.98. The van der Waals surface area contributed by atoms with Gasteiger partial charge in [0.1, 0.15) is 0 Å². The number of carboxylic acids is 1. The molecule has 3 rings (SSSR count). The molecule has 0 aromatic rings. The monoisotopic (exact) mass is 293 g/mol. The number of aliphatic carboxylic acids is 1. The summed E-state index contributed by atoms with van der Waals surface area (Å²) in [6.07, 6.45) is 9.18. The molecule has 1 amide bonds. The van der Waals surface area contributed by atoms with Gasteiger partial charge in [-0.05, 0) is 56.8 Å². The van der Waals surface area contributed by atoms with Gasteiger partial charge in [-0.1, -0.05) is 19.3 Å². The maximum Gasteiger partial charge on any atom is 0.308 e. The number of carbonyl (C=O) groups is 2. The van der Waals surface area contributed by atoms with Crippen LogP contribution in [-0.4, -0.2) is 22.5 Å². The largest absolute Gasteiger partial charge is 0.481 e. The third-order valence-corrected chi connectivity index (χ3v) is 6.26. The zero-order valence-corrected chi connectivity index (χ0v) is 12.9. The van der Waals surface area contributed by atoms with Crippen molar-refractivity contribution in [2.45, 2.75) is 70.3 Å². The van der Waals surface area contributed by atoms with Crippen LogP contribution in [0.2, 0.25) is 0 Å². The summed E-state index contributed by atoms with van der Waals surface area (Å²) in [4.78, 5) is 23.9. The van der Waals surface area contributed by atoms with Crippen molar-refractivity contribution >= 4 is 11.9 Å². The Morgan fingerprint density at radius 2 is 2.00 bits per heavy atom. The second-order valence-electron chi connectivity index (χ2n) is 7.74. The van der Waals surface area contributed by atoms with Crippen molar-refractivity contribution in [3.63, 3.8) is 0 Å². The number of rotatable bonds is 4. The summed E-state index contributed by atoms with van der Waals surface area (Å²) in [5, 5.41) is 12.5. The third-order valence-electron chi connectivity index (χ3n) is 6.26. The number of nitrogens with one attached hydrogen (secondary N) is 1. The van der Waals surface area contributed by atoms with Crippen LogP contribution in [0, 0.1) is 23.7 Å². The van der Waals surface area contributed by atoms with E-state index in [1.54, 1.807) is 0 Å². The zero-order chi connectivity index (χ0) is 15.0. The predicted octanol–water partition coefficient (Wildman–Crippen LogP) is 2.96. The van der Waals surface area contributed by atoms with Gasteiger partial charge in [-0.2, -0.15) is 0 Å². The van der Waals surface area contributed by atoms with Crippen LogP contribution in [0.4, 0.5) is 0 Å². The van der Waals surface area contributed by atoms with E-state index in [4.69, 9.17) is 0 Å². The molecule has 0 heterocycles. The summed E-state index contributed by atoms with van der Waals surface area (Å²) < 4.78 is 0. The molecule has 0 aromatic heterocycles. The van der Waals surface area contributed by atoms with E-state index in [-0.39, 0.29) is 5.91 Å². The normalized spacial score (nSPS) is 42.0. The molecule has 3 saturated carbocycles. The Hall–Kier alpha value is -1.06. The third kappa shape index (κ3) is 2.95. The van der Waals surface area contributed by atoms with Crippen LogP contribution in [0.5, 0.6) is 0 Å². The van der Waals surface area contributed by atoms with Gasteiger partial charge in [0.05, 0.1) is 11.5 Å². The first-order chi connectivity index (χ1) is 9.98. The fraction of sp³-hybridized carbons (Fsp3) is 0.882. The van der Waals surface area contributed by atoms with Crippen molar-refractivity contribution in [3.05, 3.63) is 0 Å². The van der Waals surface area contributed by atoms with Crippen molar-refractivity contribution in [3.8, 4) is 0 Å². The Morgan fingerprint density at radius 1 is 1.19 bits per heavy atom. The molecule has 0 radical (unpaired) electrons. The number of hydrogen-bond donors (Lipinski definition) is 2. The van der Waals surface area contributed by atoms with Crippen LogP contribution < -0.4 is 5.32 Å². The first kappa shape index (κ1) is 14.9. The van der Waals surface area contributed by atoms with E-state index in [2.05, 4.69) is 5.32 Å². The summed E-state index contributed by atoms with van der Waals surface area (Å²) in [7, 11) is 0. The second-order valence-corrected chi connectivity index (χ2v) is 7.74. The van der Waals surface area contributed by atoms with Crippen LogP contribution in [0.3, 0.4) is 0 Å². The number of fused-ring (bicyclic) bond motifs is 2. The van der Waals surface area contributed by atoms with E-state index >= 15 is 0 Å². The summed E-state index contributed by atoms with van der Waals surface area (Å²) >= 11 is 0. The van der Waals surface area contributed by atoms with Gasteiger partial charge in [0.2, 0.25) is 5.91 Å². The number of amides is 1. The molecular formula is C17H27NO3. The highest BCUT2D eigenvalue weighted by Crippen LogP contribution is 2.49. The molecule has 3 fully saturated rings. The molecule has 2 bridgehead atoms. The first-order valence-corrected chi connectivity index (χ1v) is 8.52. The molecule has 3 aliphatic carbocycles. The van der Waals surface area contributed by atoms with Gasteiger partial charge < -0.3 is 10.4 Å². The van der Waals surface area contributed by atoms with Crippen molar-refractivity contribution in [1.29, 1.82) is 0 Å². The average molecular weight is 293 g/mol. The van der Waals surface area contributed by atoms with Gasteiger partial charge in [-0.3, -0.25) is 9.59 Å². The van der Waals surface area contributed by atoms with E-state index in [9.17, 15) is 14.7 Å². The first-order valence-electron chi connectivity index (χ1n) is 8.52. The predicted molar refractivity (Wildman–Crippen MR) is 79.7 cm³/mol. The minimum Gasteiger partial charge on any atom is -0.481 e. The fourth-order valence-electron chi connectivity index (χ4n) is 5.11. The van der Waals surface area contributed by atoms with Crippen molar-refractivity contribution in [2.75, 3.05) is 0 Å². The molecule has 5 unspecified atom stereocenters. The Morgan fingerprint density at radius 3 is 2.62 bits per heavy atom. The van der Waals surface area contributed by atoms with Gasteiger partial charge >= 0.3 is 5.97 Å². The molecule has 3 aliphatic rings. The highest BCUT2D eigenvalue weighted by Gasteiger charge is 2.44. The van der Waals surface area contributed by atoms with Gasteiger partial charge in [-0.25, -0.2) is 0 Å². The molecule has 118 valence electrons. The van der Waals surface area contributed by atoms with Gasteiger partial charge in [0.25, 0.3) is 0 Å². The van der Waals surface area contributed by atoms with Crippen LogP contribution >= 0.6 is 0 Å². The lowest BCUT2D eigenvalue weighted by molar-refractivity contribution is -0.146. The van der Waals surface area contributed by atoms with Crippen LogP contribution in [0.25, 0.3) is 0 Å². The molecule has 4 heteroatoms. The maximum atomic E-state index is 12.4. The van der Waals surface area contributed by atoms with E-state index in [0.29, 0.717) is 18.8 Å². The summed E-state index contributed by atoms with van der Waals surface area (Å²) in [5.41, 5.74) is -0.557. The summed E-state index contributed by atoms with van der Waals surface area (Å²) in [6.45, 7) is 1.92. The molecule has 2 N–H and O–H groups in total. The maximum absolute atomic E-state index is 12.4. The van der Waals surface area contributed by atoms with Crippen LogP contribution in [0.15, 0.2) is 0 Å². The molecule has 5 atom stereocenters. The van der Waals surface area contributed by atoms with Gasteiger partial charge in [0.15, 0.2) is 0 Å². The molecule has 0 aliphatic heterocycles. The zero-order valence-electron chi connectivity index (χ0n) is 12.9. The fourth-order valence-corrected chi connectivity index (χ4v) is 5.11. The minimum atomic E-state index is -0.766. The molecular weight excluding hydrogens is 266 g/mol.